The van der Waals surface area contributed by atoms with Crippen molar-refractivity contribution in [3.05, 3.63) is 60.8 Å². The van der Waals surface area contributed by atoms with Crippen LogP contribution in [0, 0.1) is 0 Å². The lowest BCUT2D eigenvalue weighted by molar-refractivity contribution is 0.0730. The van der Waals surface area contributed by atoms with Gasteiger partial charge in [-0.2, -0.15) is 4.31 Å². The van der Waals surface area contributed by atoms with Crippen LogP contribution in [0.3, 0.4) is 0 Å². The number of morpholine rings is 1. The number of aromatic nitrogens is 1. The van der Waals surface area contributed by atoms with Gasteiger partial charge >= 0.3 is 0 Å². The first-order valence-corrected chi connectivity index (χ1v) is 11.8. The Labute approximate surface area is 169 Å². The summed E-state index contributed by atoms with van der Waals surface area (Å²) in [6.07, 6.45) is 1.52. The third-order valence-corrected chi connectivity index (χ3v) is 7.89. The van der Waals surface area contributed by atoms with Gasteiger partial charge in [0.2, 0.25) is 10.0 Å². The predicted molar refractivity (Wildman–Crippen MR) is 109 cm³/mol. The second kappa shape index (κ2) is 7.71. The van der Waals surface area contributed by atoms with Crippen molar-refractivity contribution in [1.29, 1.82) is 0 Å². The Morgan fingerprint density at radius 2 is 1.66 bits per heavy atom. The maximum atomic E-state index is 13.0. The van der Waals surface area contributed by atoms with Gasteiger partial charge in [-0.3, -0.25) is 9.71 Å². The Bertz CT molecular complexity index is 1250. The molecule has 0 bridgehead atoms. The van der Waals surface area contributed by atoms with E-state index in [-0.39, 0.29) is 28.6 Å². The molecule has 3 aromatic rings. The highest BCUT2D eigenvalue weighted by molar-refractivity contribution is 7.93. The molecule has 1 saturated heterocycles. The lowest BCUT2D eigenvalue weighted by atomic mass is 10.2. The molecule has 0 spiro atoms. The molecule has 1 aliphatic heterocycles. The normalized spacial score (nSPS) is 16.0. The van der Waals surface area contributed by atoms with Crippen LogP contribution >= 0.6 is 0 Å². The minimum atomic E-state index is -3.97. The third kappa shape index (κ3) is 3.97. The number of ether oxygens (including phenoxy) is 1. The number of fused-ring (bicyclic) bond motifs is 1. The summed E-state index contributed by atoms with van der Waals surface area (Å²) in [5, 5.41) is 0.694. The van der Waals surface area contributed by atoms with Crippen molar-refractivity contribution in [1.82, 2.24) is 9.29 Å². The smallest absolute Gasteiger partial charge is 0.264 e. The van der Waals surface area contributed by atoms with Crippen molar-refractivity contribution in [3.63, 3.8) is 0 Å². The zero-order chi connectivity index (χ0) is 20.5. The maximum Gasteiger partial charge on any atom is 0.264 e. The number of hydrogen-bond donors (Lipinski definition) is 1. The Balaban J connectivity index is 1.67. The lowest BCUT2D eigenvalue weighted by Crippen LogP contribution is -2.40. The highest BCUT2D eigenvalue weighted by atomic mass is 32.2. The molecule has 1 fully saturated rings. The van der Waals surface area contributed by atoms with Crippen molar-refractivity contribution in [2.75, 3.05) is 31.0 Å². The minimum absolute atomic E-state index is 0.0237. The van der Waals surface area contributed by atoms with Crippen LogP contribution < -0.4 is 4.72 Å². The van der Waals surface area contributed by atoms with Crippen LogP contribution in [0.5, 0.6) is 0 Å². The number of pyridine rings is 1. The Hall–Kier alpha value is -2.53. The lowest BCUT2D eigenvalue weighted by Gasteiger charge is -2.26. The first-order valence-electron chi connectivity index (χ1n) is 8.92. The fourth-order valence-corrected chi connectivity index (χ4v) is 5.84. The van der Waals surface area contributed by atoms with Crippen molar-refractivity contribution >= 4 is 36.6 Å². The zero-order valence-electron chi connectivity index (χ0n) is 15.4. The van der Waals surface area contributed by atoms with E-state index in [1.807, 2.05) is 0 Å². The molecule has 29 heavy (non-hydrogen) atoms. The topological polar surface area (TPSA) is 106 Å². The first kappa shape index (κ1) is 19.8. The maximum absolute atomic E-state index is 13.0. The van der Waals surface area contributed by atoms with Gasteiger partial charge in [0.05, 0.1) is 29.3 Å². The van der Waals surface area contributed by atoms with Crippen LogP contribution in [0.4, 0.5) is 5.69 Å². The number of rotatable bonds is 5. The van der Waals surface area contributed by atoms with Gasteiger partial charge in [-0.25, -0.2) is 16.8 Å². The summed E-state index contributed by atoms with van der Waals surface area (Å²) < 4.78 is 60.6. The van der Waals surface area contributed by atoms with E-state index in [2.05, 4.69) is 9.71 Å². The van der Waals surface area contributed by atoms with Crippen molar-refractivity contribution in [2.24, 2.45) is 0 Å². The standard InChI is InChI=1S/C19H19N3O5S2/c23-28(24,18-8-1-4-15-5-3-9-20-19(15)18)21-16-6-2-7-17(14-16)29(25,26)22-10-12-27-13-11-22/h1-9,14,21H,10-13H2. The van der Waals surface area contributed by atoms with Crippen LogP contribution in [0.1, 0.15) is 0 Å². The van der Waals surface area contributed by atoms with Crippen LogP contribution in [-0.4, -0.2) is 52.4 Å². The van der Waals surface area contributed by atoms with E-state index in [4.69, 9.17) is 4.74 Å². The predicted octanol–water partition coefficient (Wildman–Crippen LogP) is 2.06. The summed E-state index contributed by atoms with van der Waals surface area (Å²) in [6, 6.07) is 14.2. The first-order chi connectivity index (χ1) is 13.9. The minimum Gasteiger partial charge on any atom is -0.379 e. The van der Waals surface area contributed by atoms with Crippen molar-refractivity contribution in [3.8, 4) is 0 Å². The summed E-state index contributed by atoms with van der Waals surface area (Å²) in [5.74, 6) is 0. The molecule has 152 valence electrons. The molecule has 0 amide bonds. The quantitative estimate of drug-likeness (QED) is 0.660. The van der Waals surface area contributed by atoms with Crippen LogP contribution in [0.25, 0.3) is 10.9 Å². The summed E-state index contributed by atoms with van der Waals surface area (Å²) >= 11 is 0. The van der Waals surface area contributed by atoms with E-state index in [1.54, 1.807) is 24.3 Å². The summed E-state index contributed by atoms with van der Waals surface area (Å²) in [6.45, 7) is 1.19. The SMILES string of the molecule is O=S(=O)(Nc1cccc(S(=O)(=O)N2CCOCC2)c1)c1cccc2cccnc12. The van der Waals surface area contributed by atoms with Gasteiger partial charge in [0, 0.05) is 24.7 Å². The van der Waals surface area contributed by atoms with E-state index >= 15 is 0 Å². The molecule has 0 unspecified atom stereocenters. The molecule has 8 nitrogen and oxygen atoms in total. The summed E-state index contributed by atoms with van der Waals surface area (Å²) in [5.41, 5.74) is 0.506. The van der Waals surface area contributed by atoms with Gasteiger partial charge in [-0.05, 0) is 30.3 Å². The molecule has 1 N–H and O–H groups in total. The van der Waals surface area contributed by atoms with Gasteiger partial charge < -0.3 is 4.74 Å². The fourth-order valence-electron chi connectivity index (χ4n) is 3.16. The van der Waals surface area contributed by atoms with E-state index < -0.39 is 20.0 Å². The van der Waals surface area contributed by atoms with Gasteiger partial charge in [-0.15, -0.1) is 0 Å². The number of hydrogen-bond acceptors (Lipinski definition) is 6. The number of para-hydroxylation sites is 1. The Morgan fingerprint density at radius 3 is 2.45 bits per heavy atom. The largest absolute Gasteiger partial charge is 0.379 e. The molecule has 0 saturated carbocycles. The third-order valence-electron chi connectivity index (χ3n) is 4.58. The summed E-state index contributed by atoms with van der Waals surface area (Å²) in [7, 11) is -7.70. The van der Waals surface area contributed by atoms with Gasteiger partial charge in [0.1, 0.15) is 4.90 Å². The Kier molecular flexibility index (Phi) is 5.26. The number of benzene rings is 2. The second-order valence-electron chi connectivity index (χ2n) is 6.48. The highest BCUT2D eigenvalue weighted by Gasteiger charge is 2.27. The fraction of sp³-hybridized carbons (Fsp3) is 0.211. The van der Waals surface area contributed by atoms with E-state index in [0.717, 1.165) is 0 Å². The zero-order valence-corrected chi connectivity index (χ0v) is 17.0. The summed E-state index contributed by atoms with van der Waals surface area (Å²) in [4.78, 5) is 4.22. The van der Waals surface area contributed by atoms with Gasteiger partial charge in [0.25, 0.3) is 10.0 Å². The van der Waals surface area contributed by atoms with E-state index in [1.165, 1.54) is 40.8 Å². The van der Waals surface area contributed by atoms with Crippen molar-refractivity contribution < 1.29 is 21.6 Å². The molecular formula is C19H19N3O5S2. The van der Waals surface area contributed by atoms with Crippen LogP contribution in [-0.2, 0) is 24.8 Å². The van der Waals surface area contributed by atoms with E-state index in [9.17, 15) is 16.8 Å². The molecular weight excluding hydrogens is 414 g/mol. The average Bonchev–Trinajstić information content (AvgIpc) is 2.74. The molecule has 2 heterocycles. The van der Waals surface area contributed by atoms with Crippen LogP contribution in [0.2, 0.25) is 0 Å². The van der Waals surface area contributed by atoms with Crippen molar-refractivity contribution in [2.45, 2.75) is 9.79 Å². The number of nitrogens with zero attached hydrogens (tertiary/aromatic N) is 2. The average molecular weight is 434 g/mol. The molecule has 0 aliphatic carbocycles. The number of nitrogens with one attached hydrogen (secondary N) is 1. The number of sulfonamides is 2. The van der Waals surface area contributed by atoms with Crippen LogP contribution in [0.15, 0.2) is 70.6 Å². The second-order valence-corrected chi connectivity index (χ2v) is 10.1. The molecule has 1 aliphatic rings. The van der Waals surface area contributed by atoms with Gasteiger partial charge in [0.15, 0.2) is 0 Å². The molecule has 10 heteroatoms. The van der Waals surface area contributed by atoms with E-state index in [0.29, 0.717) is 24.1 Å². The molecule has 2 aromatic carbocycles. The molecule has 4 rings (SSSR count). The molecule has 0 radical (unpaired) electrons. The van der Waals surface area contributed by atoms with Gasteiger partial charge in [-0.1, -0.05) is 24.3 Å². The molecule has 0 atom stereocenters. The molecule has 1 aromatic heterocycles. The number of anilines is 1. The monoisotopic (exact) mass is 433 g/mol. The highest BCUT2D eigenvalue weighted by Crippen LogP contribution is 2.25. The Morgan fingerprint density at radius 1 is 0.931 bits per heavy atom.